The molecule has 1 aliphatic rings. The highest BCUT2D eigenvalue weighted by Crippen LogP contribution is 2.38. The molecule has 0 fully saturated rings. The van der Waals surface area contributed by atoms with Crippen LogP contribution in [-0.2, 0) is 23.4 Å². The summed E-state index contributed by atoms with van der Waals surface area (Å²) >= 11 is 0. The van der Waals surface area contributed by atoms with Crippen molar-refractivity contribution < 1.29 is 46.1 Å². The predicted molar refractivity (Wildman–Crippen MR) is 181 cm³/mol. The highest BCUT2D eigenvalue weighted by atomic mass is 19.4. The van der Waals surface area contributed by atoms with Crippen LogP contribution in [0.4, 0.5) is 27.6 Å². The van der Waals surface area contributed by atoms with Crippen molar-refractivity contribution in [3.8, 4) is 17.2 Å². The summed E-state index contributed by atoms with van der Waals surface area (Å²) in [5.74, 6) is -5.67. The van der Waals surface area contributed by atoms with E-state index in [1.165, 1.54) is 23.1 Å². The van der Waals surface area contributed by atoms with Gasteiger partial charge in [-0.1, -0.05) is 55.5 Å². The standard InChI is InChI=1S/C38H38F5N3O5/c1-24-20-46(25(2)23-47)35(48)31-10-7-11-32(44-36(49)37(39,40)27-14-16-28(17-15-27)38(41,42)43)34(31)51-33(24)22-45(3)21-26-12-18-30(19-13-26)50-29-8-5-4-6-9-29/h4-19,24-25,33,47H,20-23H2,1-3H3,(H,44,49)/t24-,25+,33-/m1/s1. The number of anilines is 1. The highest BCUT2D eigenvalue weighted by Gasteiger charge is 2.43. The zero-order chi connectivity index (χ0) is 36.9. The fraction of sp³-hybridized carbons (Fsp3) is 0.316. The third-order valence-corrected chi connectivity index (χ3v) is 8.65. The smallest absolute Gasteiger partial charge is 0.416 e. The third kappa shape index (κ3) is 8.84. The first-order chi connectivity index (χ1) is 24.2. The topological polar surface area (TPSA) is 91.3 Å². The summed E-state index contributed by atoms with van der Waals surface area (Å²) in [5, 5.41) is 12.1. The van der Waals surface area contributed by atoms with Crippen LogP contribution in [0.5, 0.6) is 17.2 Å². The first-order valence-electron chi connectivity index (χ1n) is 16.3. The molecule has 5 rings (SSSR count). The Bertz CT molecular complexity index is 1800. The minimum absolute atomic E-state index is 0.0143. The van der Waals surface area contributed by atoms with Gasteiger partial charge >= 0.3 is 12.1 Å². The maximum absolute atomic E-state index is 15.3. The monoisotopic (exact) mass is 711 g/mol. The minimum atomic E-state index is -4.74. The number of hydrogen-bond acceptors (Lipinski definition) is 6. The van der Waals surface area contributed by atoms with Gasteiger partial charge in [-0.2, -0.15) is 22.0 Å². The molecule has 1 heterocycles. The fourth-order valence-electron chi connectivity index (χ4n) is 5.73. The van der Waals surface area contributed by atoms with Crippen molar-refractivity contribution in [1.29, 1.82) is 0 Å². The highest BCUT2D eigenvalue weighted by molar-refractivity contribution is 6.03. The third-order valence-electron chi connectivity index (χ3n) is 8.65. The van der Waals surface area contributed by atoms with Crippen LogP contribution in [0, 0.1) is 5.92 Å². The zero-order valence-electron chi connectivity index (χ0n) is 28.2. The van der Waals surface area contributed by atoms with E-state index in [0.717, 1.165) is 5.56 Å². The fourth-order valence-corrected chi connectivity index (χ4v) is 5.73. The number of carbonyl (C=O) groups excluding carboxylic acids is 2. The molecule has 0 radical (unpaired) electrons. The number of nitrogens with one attached hydrogen (secondary N) is 1. The number of likely N-dealkylation sites (N-methyl/N-ethyl adjacent to an activating group) is 1. The molecule has 51 heavy (non-hydrogen) atoms. The van der Waals surface area contributed by atoms with Gasteiger partial charge in [0.2, 0.25) is 0 Å². The number of nitrogens with zero attached hydrogens (tertiary/aromatic N) is 2. The normalized spacial score (nSPS) is 17.2. The number of aliphatic hydroxyl groups is 1. The van der Waals surface area contributed by atoms with Gasteiger partial charge in [-0.25, -0.2) is 0 Å². The van der Waals surface area contributed by atoms with E-state index in [1.54, 1.807) is 6.92 Å². The Morgan fingerprint density at radius 1 is 0.941 bits per heavy atom. The minimum Gasteiger partial charge on any atom is -0.486 e. The van der Waals surface area contributed by atoms with E-state index in [1.807, 2.05) is 73.5 Å². The Labute approximate surface area is 292 Å². The molecule has 0 aromatic heterocycles. The number of fused-ring (bicyclic) bond motifs is 1. The number of para-hydroxylation sites is 2. The number of alkyl halides is 5. The Morgan fingerprint density at radius 3 is 2.20 bits per heavy atom. The number of hydrogen-bond donors (Lipinski definition) is 2. The molecule has 0 aliphatic carbocycles. The Balaban J connectivity index is 1.38. The van der Waals surface area contributed by atoms with Crippen LogP contribution in [-0.4, -0.2) is 65.6 Å². The summed E-state index contributed by atoms with van der Waals surface area (Å²) in [5.41, 5.74) is -1.34. The molecule has 4 aromatic rings. The van der Waals surface area contributed by atoms with Crippen molar-refractivity contribution in [2.45, 2.75) is 44.6 Å². The average Bonchev–Trinajstić information content (AvgIpc) is 3.10. The molecule has 0 spiro atoms. The largest absolute Gasteiger partial charge is 0.486 e. The quantitative estimate of drug-likeness (QED) is 0.156. The Hall–Kier alpha value is -5.01. The summed E-state index contributed by atoms with van der Waals surface area (Å²) < 4.78 is 82.0. The molecular weight excluding hydrogens is 673 g/mol. The summed E-state index contributed by atoms with van der Waals surface area (Å²) in [6, 6.07) is 22.5. The summed E-state index contributed by atoms with van der Waals surface area (Å²) in [6.45, 7) is 4.24. The molecule has 3 atom stereocenters. The van der Waals surface area contributed by atoms with Crippen LogP contribution in [0.1, 0.15) is 40.9 Å². The van der Waals surface area contributed by atoms with E-state index in [4.69, 9.17) is 9.47 Å². The lowest BCUT2D eigenvalue weighted by atomic mass is 9.98. The number of amides is 2. The van der Waals surface area contributed by atoms with Gasteiger partial charge in [-0.05, 0) is 68.1 Å². The SMILES string of the molecule is C[C@@H]1CN([C@@H](C)CO)C(=O)c2cccc(NC(=O)C(F)(F)c3ccc(C(F)(F)F)cc3)c2O[C@@H]1CN(C)Cc1ccc(Oc2ccccc2)cc1. The van der Waals surface area contributed by atoms with Crippen LogP contribution in [0.3, 0.4) is 0 Å². The Morgan fingerprint density at radius 2 is 1.57 bits per heavy atom. The molecule has 1 aliphatic heterocycles. The molecule has 13 heteroatoms. The molecule has 4 aromatic carbocycles. The van der Waals surface area contributed by atoms with Gasteiger partial charge in [0.15, 0.2) is 5.75 Å². The average molecular weight is 712 g/mol. The number of carbonyl (C=O) groups is 2. The van der Waals surface area contributed by atoms with E-state index in [0.29, 0.717) is 48.9 Å². The first kappa shape index (κ1) is 37.3. The molecule has 0 saturated heterocycles. The molecule has 0 bridgehead atoms. The van der Waals surface area contributed by atoms with Gasteiger partial charge < -0.3 is 24.8 Å². The van der Waals surface area contributed by atoms with E-state index in [9.17, 15) is 27.9 Å². The van der Waals surface area contributed by atoms with Gasteiger partial charge in [-0.3, -0.25) is 14.5 Å². The van der Waals surface area contributed by atoms with Crippen LogP contribution >= 0.6 is 0 Å². The molecule has 270 valence electrons. The van der Waals surface area contributed by atoms with E-state index >= 15 is 8.78 Å². The second kappa shape index (κ2) is 15.5. The predicted octanol–water partition coefficient (Wildman–Crippen LogP) is 7.58. The van der Waals surface area contributed by atoms with Crippen molar-refractivity contribution in [1.82, 2.24) is 9.80 Å². The molecule has 8 nitrogen and oxygen atoms in total. The molecule has 0 saturated carbocycles. The molecule has 0 unspecified atom stereocenters. The van der Waals surface area contributed by atoms with E-state index < -0.39 is 47.2 Å². The molecule has 2 N–H and O–H groups in total. The number of halogens is 5. The second-order valence-electron chi connectivity index (χ2n) is 12.7. The summed E-state index contributed by atoms with van der Waals surface area (Å²) in [6.07, 6.45) is -5.37. The number of benzene rings is 4. The van der Waals surface area contributed by atoms with Crippen LogP contribution < -0.4 is 14.8 Å². The van der Waals surface area contributed by atoms with Crippen molar-refractivity contribution in [2.24, 2.45) is 5.92 Å². The van der Waals surface area contributed by atoms with Crippen molar-refractivity contribution in [3.05, 3.63) is 119 Å². The maximum atomic E-state index is 15.3. The van der Waals surface area contributed by atoms with Crippen LogP contribution in [0.2, 0.25) is 0 Å². The second-order valence-corrected chi connectivity index (χ2v) is 12.7. The van der Waals surface area contributed by atoms with Gasteiger partial charge in [0.25, 0.3) is 11.8 Å². The Kier molecular flexibility index (Phi) is 11.3. The van der Waals surface area contributed by atoms with Gasteiger partial charge in [-0.15, -0.1) is 0 Å². The van der Waals surface area contributed by atoms with Crippen molar-refractivity contribution in [3.63, 3.8) is 0 Å². The summed E-state index contributed by atoms with van der Waals surface area (Å²) in [4.78, 5) is 30.3. The van der Waals surface area contributed by atoms with E-state index in [2.05, 4.69) is 5.32 Å². The lowest BCUT2D eigenvalue weighted by Gasteiger charge is -2.38. The van der Waals surface area contributed by atoms with Gasteiger partial charge in [0, 0.05) is 31.1 Å². The molecule has 2 amide bonds. The number of ether oxygens (including phenoxy) is 2. The van der Waals surface area contributed by atoms with E-state index in [-0.39, 0.29) is 36.1 Å². The number of rotatable bonds is 11. The summed E-state index contributed by atoms with van der Waals surface area (Å²) in [7, 11) is 1.88. The number of aliphatic hydroxyl groups excluding tert-OH is 1. The van der Waals surface area contributed by atoms with Gasteiger partial charge in [0.1, 0.15) is 17.6 Å². The van der Waals surface area contributed by atoms with Crippen molar-refractivity contribution in [2.75, 3.05) is 32.1 Å². The zero-order valence-corrected chi connectivity index (χ0v) is 28.2. The van der Waals surface area contributed by atoms with Crippen molar-refractivity contribution >= 4 is 17.5 Å². The maximum Gasteiger partial charge on any atom is 0.416 e. The first-order valence-corrected chi connectivity index (χ1v) is 16.3. The lowest BCUT2D eigenvalue weighted by molar-refractivity contribution is -0.141. The molecular formula is C38H38F5N3O5. The lowest BCUT2D eigenvalue weighted by Crippen LogP contribution is -2.49. The van der Waals surface area contributed by atoms with Gasteiger partial charge in [0.05, 0.1) is 29.5 Å². The van der Waals surface area contributed by atoms with Crippen LogP contribution in [0.25, 0.3) is 0 Å². The van der Waals surface area contributed by atoms with Crippen LogP contribution in [0.15, 0.2) is 97.1 Å².